The summed E-state index contributed by atoms with van der Waals surface area (Å²) in [6.07, 6.45) is 1.98. The number of hydrogen-bond donors (Lipinski definition) is 1. The Morgan fingerprint density at radius 3 is 1.98 bits per heavy atom. The van der Waals surface area contributed by atoms with E-state index in [4.69, 9.17) is 16.6 Å². The number of aromatic nitrogens is 3. The van der Waals surface area contributed by atoms with Gasteiger partial charge in [-0.2, -0.15) is 0 Å². The molecule has 214 valence electrons. The molecule has 0 spiro atoms. The van der Waals surface area contributed by atoms with Crippen molar-refractivity contribution < 1.29 is 9.90 Å². The van der Waals surface area contributed by atoms with E-state index in [1.807, 2.05) is 93.0 Å². The Morgan fingerprint density at radius 2 is 1.42 bits per heavy atom. The lowest BCUT2D eigenvalue weighted by molar-refractivity contribution is 0.0529. The van der Waals surface area contributed by atoms with E-state index in [9.17, 15) is 9.90 Å². The number of aliphatic hydroxyl groups is 1. The standard InChI is InChI=1S/C37H32ClN3O2/c1-24-31-22-29(38)18-20-33(31)41-32(24)21-19-30(36(41)43)35(42)34-25(2)40(23-39-34)37(26-12-6-3-7-13-26,27-14-8-4-9-15-27)28-16-10-5-11-17-28/h3-18,20,22-23,30,35,42H,19,21H2,1-2H3. The van der Waals surface area contributed by atoms with E-state index < -0.39 is 17.6 Å². The van der Waals surface area contributed by atoms with Gasteiger partial charge in [0.15, 0.2) is 0 Å². The molecule has 3 heterocycles. The molecule has 6 heteroatoms. The van der Waals surface area contributed by atoms with Gasteiger partial charge < -0.3 is 9.67 Å². The minimum atomic E-state index is -1.06. The minimum Gasteiger partial charge on any atom is -0.386 e. The average molecular weight is 586 g/mol. The van der Waals surface area contributed by atoms with E-state index in [-0.39, 0.29) is 5.91 Å². The highest BCUT2D eigenvalue weighted by molar-refractivity contribution is 6.31. The summed E-state index contributed by atoms with van der Waals surface area (Å²) in [4.78, 5) is 18.9. The van der Waals surface area contributed by atoms with Gasteiger partial charge in [-0.25, -0.2) is 4.98 Å². The van der Waals surface area contributed by atoms with Crippen LogP contribution in [0.3, 0.4) is 0 Å². The zero-order valence-corrected chi connectivity index (χ0v) is 24.9. The van der Waals surface area contributed by atoms with Crippen LogP contribution in [-0.2, 0) is 12.0 Å². The lowest BCUT2D eigenvalue weighted by Gasteiger charge is -2.38. The van der Waals surface area contributed by atoms with E-state index in [0.29, 0.717) is 23.6 Å². The number of aryl methyl sites for hydroxylation is 1. The maximum atomic E-state index is 14.1. The summed E-state index contributed by atoms with van der Waals surface area (Å²) in [7, 11) is 0. The zero-order valence-electron chi connectivity index (χ0n) is 24.1. The number of halogens is 1. The van der Waals surface area contributed by atoms with Crippen molar-refractivity contribution in [2.45, 2.75) is 38.3 Å². The molecule has 1 N–H and O–H groups in total. The molecular formula is C37H32ClN3O2. The van der Waals surface area contributed by atoms with Crippen LogP contribution in [0.5, 0.6) is 0 Å². The van der Waals surface area contributed by atoms with Gasteiger partial charge in [0.05, 0.1) is 23.5 Å². The van der Waals surface area contributed by atoms with Crippen LogP contribution in [0.2, 0.25) is 5.02 Å². The van der Waals surface area contributed by atoms with Crippen molar-refractivity contribution in [3.8, 4) is 0 Å². The molecule has 2 aromatic heterocycles. The average Bonchev–Trinajstić information content (AvgIpc) is 3.56. The van der Waals surface area contributed by atoms with Crippen LogP contribution in [0.4, 0.5) is 0 Å². The van der Waals surface area contributed by atoms with E-state index in [2.05, 4.69) is 41.0 Å². The summed E-state index contributed by atoms with van der Waals surface area (Å²) in [5.74, 6) is -0.733. The van der Waals surface area contributed by atoms with Crippen LogP contribution in [0.25, 0.3) is 10.9 Å². The molecule has 0 aliphatic carbocycles. The second-order valence-corrected chi connectivity index (χ2v) is 11.8. The van der Waals surface area contributed by atoms with Gasteiger partial charge in [0, 0.05) is 21.8 Å². The van der Waals surface area contributed by atoms with Crippen molar-refractivity contribution in [1.82, 2.24) is 14.1 Å². The fraction of sp³-hybridized carbons (Fsp3) is 0.189. The third-order valence-electron chi connectivity index (χ3n) is 9.18. The summed E-state index contributed by atoms with van der Waals surface area (Å²) >= 11 is 6.29. The van der Waals surface area contributed by atoms with Crippen molar-refractivity contribution in [2.75, 3.05) is 0 Å². The Bertz CT molecular complexity index is 1850. The van der Waals surface area contributed by atoms with Gasteiger partial charge in [-0.3, -0.25) is 9.36 Å². The van der Waals surface area contributed by atoms with E-state index in [0.717, 1.165) is 44.5 Å². The normalized spacial score (nSPS) is 15.9. The van der Waals surface area contributed by atoms with Crippen molar-refractivity contribution >= 4 is 28.4 Å². The zero-order chi connectivity index (χ0) is 29.7. The molecule has 1 aliphatic rings. The first-order valence-electron chi connectivity index (χ1n) is 14.7. The van der Waals surface area contributed by atoms with Gasteiger partial charge in [0.2, 0.25) is 5.91 Å². The third-order valence-corrected chi connectivity index (χ3v) is 9.41. The molecule has 7 rings (SSSR count). The molecule has 0 radical (unpaired) electrons. The number of rotatable bonds is 6. The van der Waals surface area contributed by atoms with Gasteiger partial charge in [-0.15, -0.1) is 0 Å². The van der Waals surface area contributed by atoms with E-state index in [1.54, 1.807) is 4.57 Å². The van der Waals surface area contributed by atoms with Crippen LogP contribution in [0.1, 0.15) is 56.7 Å². The van der Waals surface area contributed by atoms with E-state index in [1.165, 1.54) is 0 Å². The first-order valence-corrected chi connectivity index (χ1v) is 15.0. The molecular weight excluding hydrogens is 554 g/mol. The van der Waals surface area contributed by atoms with Crippen molar-refractivity contribution in [3.05, 3.63) is 160 Å². The Kier molecular flexibility index (Phi) is 6.80. The SMILES string of the molecule is Cc1c2n(c3ccc(Cl)cc13)C(=O)C(C(O)c1ncn(C(c3ccccc3)(c3ccccc3)c3ccccc3)c1C)CC2. The quantitative estimate of drug-likeness (QED) is 0.202. The fourth-order valence-corrected chi connectivity index (χ4v) is 7.27. The molecule has 0 amide bonds. The molecule has 1 aliphatic heterocycles. The Morgan fingerprint density at radius 1 is 0.860 bits per heavy atom. The Labute approximate surface area is 256 Å². The number of fused-ring (bicyclic) bond motifs is 3. The molecule has 0 saturated carbocycles. The lowest BCUT2D eigenvalue weighted by atomic mass is 9.76. The van der Waals surface area contributed by atoms with Crippen LogP contribution in [0.15, 0.2) is 116 Å². The molecule has 4 aromatic carbocycles. The van der Waals surface area contributed by atoms with Crippen LogP contribution >= 0.6 is 11.6 Å². The fourth-order valence-electron chi connectivity index (χ4n) is 7.10. The number of hydrogen-bond acceptors (Lipinski definition) is 3. The second-order valence-electron chi connectivity index (χ2n) is 11.4. The van der Waals surface area contributed by atoms with Gasteiger partial charge in [-0.05, 0) is 67.1 Å². The van der Waals surface area contributed by atoms with Crippen LogP contribution in [-0.4, -0.2) is 25.1 Å². The molecule has 0 bridgehead atoms. The molecule has 0 saturated heterocycles. The summed E-state index contributed by atoms with van der Waals surface area (Å²) < 4.78 is 3.94. The molecule has 43 heavy (non-hydrogen) atoms. The first kappa shape index (κ1) is 27.4. The van der Waals surface area contributed by atoms with Crippen LogP contribution in [0, 0.1) is 19.8 Å². The summed E-state index contributed by atoms with van der Waals surface area (Å²) in [6, 6.07) is 36.8. The third kappa shape index (κ3) is 4.18. The number of aliphatic hydroxyl groups excluding tert-OH is 1. The Hall–Kier alpha value is -4.45. The van der Waals surface area contributed by atoms with Crippen molar-refractivity contribution in [1.29, 1.82) is 0 Å². The number of carbonyl (C=O) groups excluding carboxylic acids is 1. The summed E-state index contributed by atoms with van der Waals surface area (Å²) in [6.45, 7) is 4.03. The van der Waals surface area contributed by atoms with Gasteiger partial charge >= 0.3 is 0 Å². The maximum Gasteiger partial charge on any atom is 0.237 e. The smallest absolute Gasteiger partial charge is 0.237 e. The molecule has 2 atom stereocenters. The highest BCUT2D eigenvalue weighted by Crippen LogP contribution is 2.44. The van der Waals surface area contributed by atoms with Crippen molar-refractivity contribution in [3.63, 3.8) is 0 Å². The summed E-state index contributed by atoms with van der Waals surface area (Å²) in [5.41, 5.74) is 6.67. The Balaban J connectivity index is 1.37. The predicted molar refractivity (Wildman–Crippen MR) is 171 cm³/mol. The van der Waals surface area contributed by atoms with Crippen LogP contribution < -0.4 is 0 Å². The van der Waals surface area contributed by atoms with Gasteiger partial charge in [-0.1, -0.05) is 103 Å². The maximum absolute atomic E-state index is 14.1. The van der Waals surface area contributed by atoms with Crippen molar-refractivity contribution in [2.24, 2.45) is 5.92 Å². The first-order chi connectivity index (χ1) is 20.9. The number of benzene rings is 4. The highest BCUT2D eigenvalue weighted by atomic mass is 35.5. The lowest BCUT2D eigenvalue weighted by Crippen LogP contribution is -2.38. The molecule has 0 fully saturated rings. The van der Waals surface area contributed by atoms with Gasteiger partial charge in [0.25, 0.3) is 0 Å². The van der Waals surface area contributed by atoms with Gasteiger partial charge in [0.1, 0.15) is 11.6 Å². The minimum absolute atomic E-state index is 0.108. The summed E-state index contributed by atoms with van der Waals surface area (Å²) in [5, 5.41) is 13.5. The molecule has 2 unspecified atom stereocenters. The number of carbonyl (C=O) groups is 1. The number of nitrogens with zero attached hydrogens (tertiary/aromatic N) is 3. The van der Waals surface area contributed by atoms with E-state index >= 15 is 0 Å². The predicted octanol–water partition coefficient (Wildman–Crippen LogP) is 7.88. The number of imidazole rings is 1. The second kappa shape index (κ2) is 10.7. The molecule has 5 nitrogen and oxygen atoms in total. The monoisotopic (exact) mass is 585 g/mol. The highest BCUT2D eigenvalue weighted by Gasteiger charge is 2.42. The molecule has 6 aromatic rings. The largest absolute Gasteiger partial charge is 0.386 e. The topological polar surface area (TPSA) is 60.1 Å².